The van der Waals surface area contributed by atoms with Gasteiger partial charge < -0.3 is 14.2 Å². The third kappa shape index (κ3) is 62.7. The molecule has 1 atom stereocenters. The normalized spacial score (nSPS) is 12.9. The van der Waals surface area contributed by atoms with Crippen molar-refractivity contribution in [1.29, 1.82) is 0 Å². The molecule has 1 unspecified atom stereocenters. The van der Waals surface area contributed by atoms with Crippen molar-refractivity contribution in [2.75, 3.05) is 13.2 Å². The van der Waals surface area contributed by atoms with E-state index in [-0.39, 0.29) is 31.1 Å². The molecule has 6 nitrogen and oxygen atoms in total. The third-order valence-corrected chi connectivity index (χ3v) is 13.7. The molecule has 0 aliphatic rings. The van der Waals surface area contributed by atoms with Crippen LogP contribution in [-0.4, -0.2) is 37.2 Å². The molecule has 0 aromatic rings. The van der Waals surface area contributed by atoms with Crippen LogP contribution in [0.25, 0.3) is 0 Å². The van der Waals surface area contributed by atoms with Crippen LogP contribution in [0.3, 0.4) is 0 Å². The molecule has 0 heterocycles. The van der Waals surface area contributed by atoms with Crippen molar-refractivity contribution in [3.05, 3.63) is 122 Å². The van der Waals surface area contributed by atoms with Crippen molar-refractivity contribution in [3.63, 3.8) is 0 Å². The zero-order chi connectivity index (χ0) is 56.4. The van der Waals surface area contributed by atoms with Crippen LogP contribution < -0.4 is 0 Å². The first-order chi connectivity index (χ1) is 38.5. The van der Waals surface area contributed by atoms with Crippen molar-refractivity contribution in [2.45, 2.75) is 303 Å². The summed E-state index contributed by atoms with van der Waals surface area (Å²) in [5, 5.41) is 0. The van der Waals surface area contributed by atoms with Gasteiger partial charge in [0.15, 0.2) is 6.10 Å². The minimum atomic E-state index is -0.800. The second kappa shape index (κ2) is 65.3. The Balaban J connectivity index is 4.29. The van der Waals surface area contributed by atoms with Crippen molar-refractivity contribution >= 4 is 17.9 Å². The van der Waals surface area contributed by atoms with E-state index in [1.807, 2.05) is 0 Å². The van der Waals surface area contributed by atoms with E-state index < -0.39 is 6.10 Å². The molecule has 0 amide bonds. The first-order valence-corrected chi connectivity index (χ1v) is 32.5. The van der Waals surface area contributed by atoms with Gasteiger partial charge in [-0.2, -0.15) is 0 Å². The van der Waals surface area contributed by atoms with Crippen LogP contribution in [0.5, 0.6) is 0 Å². The summed E-state index contributed by atoms with van der Waals surface area (Å²) < 4.78 is 16.9. The Morgan fingerprint density at radius 3 is 0.782 bits per heavy atom. The fraction of sp³-hybridized carbons (Fsp3) is 0.681. The number of esters is 3. The zero-order valence-corrected chi connectivity index (χ0v) is 50.9. The second-order valence-corrected chi connectivity index (χ2v) is 21.3. The Morgan fingerprint density at radius 1 is 0.269 bits per heavy atom. The monoisotopic (exact) mass is 1080 g/mol. The van der Waals surface area contributed by atoms with Crippen LogP contribution in [-0.2, 0) is 28.6 Å². The van der Waals surface area contributed by atoms with Crippen molar-refractivity contribution in [2.24, 2.45) is 0 Å². The summed E-state index contributed by atoms with van der Waals surface area (Å²) in [4.78, 5) is 38.3. The van der Waals surface area contributed by atoms with Crippen LogP contribution in [0.15, 0.2) is 122 Å². The van der Waals surface area contributed by atoms with Crippen molar-refractivity contribution < 1.29 is 28.6 Å². The van der Waals surface area contributed by atoms with Gasteiger partial charge >= 0.3 is 17.9 Å². The van der Waals surface area contributed by atoms with Gasteiger partial charge in [0.1, 0.15) is 13.2 Å². The molecule has 0 radical (unpaired) electrons. The van der Waals surface area contributed by atoms with Gasteiger partial charge in [-0.1, -0.05) is 277 Å². The van der Waals surface area contributed by atoms with Crippen LogP contribution in [0.4, 0.5) is 0 Å². The molecule has 0 fully saturated rings. The largest absolute Gasteiger partial charge is 0.462 e. The number of allylic oxidation sites excluding steroid dienone is 20. The molecule has 0 saturated heterocycles. The fourth-order valence-corrected chi connectivity index (χ4v) is 8.85. The van der Waals surface area contributed by atoms with Gasteiger partial charge in [-0.3, -0.25) is 14.4 Å². The molecular weight excluding hydrogens is 961 g/mol. The molecule has 444 valence electrons. The van der Waals surface area contributed by atoms with Gasteiger partial charge in [-0.05, 0) is 122 Å². The van der Waals surface area contributed by atoms with E-state index in [0.29, 0.717) is 19.3 Å². The molecule has 0 aliphatic carbocycles. The lowest BCUT2D eigenvalue weighted by Gasteiger charge is -2.18. The number of hydrogen-bond donors (Lipinski definition) is 0. The minimum absolute atomic E-state index is 0.0932. The predicted molar refractivity (Wildman–Crippen MR) is 339 cm³/mol. The molecule has 0 saturated carbocycles. The van der Waals surface area contributed by atoms with Crippen LogP contribution >= 0.6 is 0 Å². The van der Waals surface area contributed by atoms with E-state index >= 15 is 0 Å². The lowest BCUT2D eigenvalue weighted by atomic mass is 10.0. The Labute approximate surface area is 482 Å². The number of hydrogen-bond acceptors (Lipinski definition) is 6. The predicted octanol–water partition coefficient (Wildman–Crippen LogP) is 22.4. The standard InChI is InChI=1S/C72H120O6/c1-4-7-10-13-16-19-22-25-28-30-31-32-33-34-35-36-37-38-39-40-41-43-44-47-50-53-56-59-62-65-71(74)77-68-69(67-76-70(73)64-61-58-55-52-49-46-27-24-21-18-15-12-9-6-3)78-72(75)66-63-60-57-54-51-48-45-42-29-26-23-20-17-14-11-8-5-2/h7-8,10-11,15-20,24-29,31-32,45,48,69H,4-6,9,12-14,21-23,30,33-44,46-47,49-68H2,1-3H3/b10-7-,11-8-,18-15-,19-16-,20-17-,27-24-,28-25-,29-26-,32-31-,48-45-. The Morgan fingerprint density at radius 2 is 0.500 bits per heavy atom. The highest BCUT2D eigenvalue weighted by molar-refractivity contribution is 5.71. The highest BCUT2D eigenvalue weighted by atomic mass is 16.6. The summed E-state index contributed by atoms with van der Waals surface area (Å²) in [6.07, 6.45) is 90.7. The van der Waals surface area contributed by atoms with Gasteiger partial charge in [-0.25, -0.2) is 0 Å². The summed E-state index contributed by atoms with van der Waals surface area (Å²) in [7, 11) is 0. The summed E-state index contributed by atoms with van der Waals surface area (Å²) in [6, 6.07) is 0. The Hall–Kier alpha value is -4.19. The summed E-state index contributed by atoms with van der Waals surface area (Å²) in [5.41, 5.74) is 0. The highest BCUT2D eigenvalue weighted by Crippen LogP contribution is 2.16. The maximum atomic E-state index is 12.9. The Bertz CT molecular complexity index is 1620. The van der Waals surface area contributed by atoms with Gasteiger partial charge in [0.2, 0.25) is 0 Å². The average molecular weight is 1080 g/mol. The topological polar surface area (TPSA) is 78.9 Å². The molecular formula is C72H120O6. The molecule has 0 aromatic carbocycles. The van der Waals surface area contributed by atoms with Crippen LogP contribution in [0.2, 0.25) is 0 Å². The van der Waals surface area contributed by atoms with Crippen LogP contribution in [0.1, 0.15) is 297 Å². The van der Waals surface area contributed by atoms with E-state index in [9.17, 15) is 14.4 Å². The molecule has 6 heteroatoms. The molecule has 0 bridgehead atoms. The minimum Gasteiger partial charge on any atom is -0.462 e. The molecule has 0 aliphatic heterocycles. The third-order valence-electron chi connectivity index (χ3n) is 13.7. The molecule has 78 heavy (non-hydrogen) atoms. The van der Waals surface area contributed by atoms with Crippen LogP contribution in [0, 0.1) is 0 Å². The van der Waals surface area contributed by atoms with Crippen molar-refractivity contribution in [3.8, 4) is 0 Å². The van der Waals surface area contributed by atoms with Gasteiger partial charge in [0, 0.05) is 19.3 Å². The zero-order valence-electron chi connectivity index (χ0n) is 50.9. The SMILES string of the molecule is CC/C=C\C/C=C\C/C=C\C/C=C\CCCCCCCCCCCCCCCCCCC(=O)OCC(COC(=O)CCCCCCC/C=C\C/C=C\CCCC)OC(=O)CCCCCC/C=C\C/C=C\C/C=C\C/C=C\CC. The van der Waals surface area contributed by atoms with E-state index in [4.69, 9.17) is 14.2 Å². The first-order valence-electron chi connectivity index (χ1n) is 32.5. The number of carbonyl (C=O) groups excluding carboxylic acids is 3. The maximum Gasteiger partial charge on any atom is 0.306 e. The average Bonchev–Trinajstić information content (AvgIpc) is 3.44. The number of carbonyl (C=O) groups is 3. The lowest BCUT2D eigenvalue weighted by Crippen LogP contribution is -2.30. The maximum absolute atomic E-state index is 12.9. The van der Waals surface area contributed by atoms with Crippen molar-refractivity contribution in [1.82, 2.24) is 0 Å². The summed E-state index contributed by atoms with van der Waals surface area (Å²) in [5.74, 6) is -0.926. The van der Waals surface area contributed by atoms with E-state index in [1.54, 1.807) is 0 Å². The second-order valence-electron chi connectivity index (χ2n) is 21.3. The summed E-state index contributed by atoms with van der Waals surface area (Å²) in [6.45, 7) is 6.36. The van der Waals surface area contributed by atoms with E-state index in [2.05, 4.69) is 142 Å². The summed E-state index contributed by atoms with van der Waals surface area (Å²) >= 11 is 0. The number of ether oxygens (including phenoxy) is 3. The molecule has 0 rings (SSSR count). The van der Waals surface area contributed by atoms with Gasteiger partial charge in [-0.15, -0.1) is 0 Å². The van der Waals surface area contributed by atoms with Gasteiger partial charge in [0.05, 0.1) is 0 Å². The molecule has 0 aromatic heterocycles. The lowest BCUT2D eigenvalue weighted by molar-refractivity contribution is -0.167. The Kier molecular flexibility index (Phi) is 61.8. The smallest absolute Gasteiger partial charge is 0.306 e. The highest BCUT2D eigenvalue weighted by Gasteiger charge is 2.19. The quantitative estimate of drug-likeness (QED) is 0.0261. The van der Waals surface area contributed by atoms with Gasteiger partial charge in [0.25, 0.3) is 0 Å². The van der Waals surface area contributed by atoms with E-state index in [1.165, 1.54) is 109 Å². The molecule has 0 spiro atoms. The van der Waals surface area contributed by atoms with E-state index in [0.717, 1.165) is 148 Å². The fourth-order valence-electron chi connectivity index (χ4n) is 8.85. The number of unbranched alkanes of at least 4 members (excludes halogenated alkanes) is 27. The number of rotatable bonds is 58. The molecule has 0 N–H and O–H groups in total. The first kappa shape index (κ1) is 73.8.